The van der Waals surface area contributed by atoms with Gasteiger partial charge in [0, 0.05) is 19.7 Å². The Morgan fingerprint density at radius 3 is 2.96 bits per heavy atom. The molecule has 0 saturated carbocycles. The maximum absolute atomic E-state index is 10.5. The Balaban J connectivity index is 0.00000264. The minimum absolute atomic E-state index is 0. The first-order valence-corrected chi connectivity index (χ1v) is 8.95. The molecule has 23 heavy (non-hydrogen) atoms. The molecule has 2 atom stereocenters. The number of rotatable bonds is 7. The number of thiophene rings is 1. The number of halogens is 1. The third-order valence-corrected chi connectivity index (χ3v) is 4.50. The van der Waals surface area contributed by atoms with E-state index in [1.54, 1.807) is 18.3 Å². The van der Waals surface area contributed by atoms with E-state index in [1.165, 1.54) is 6.42 Å². The minimum Gasteiger partial charge on any atom is -0.383 e. The minimum atomic E-state index is -0.934. The molecule has 0 amide bonds. The van der Waals surface area contributed by atoms with Crippen molar-refractivity contribution in [2.24, 2.45) is 4.99 Å². The van der Waals surface area contributed by atoms with Crippen LogP contribution >= 0.6 is 35.3 Å². The average Bonchev–Trinajstić information content (AvgIpc) is 3.18. The van der Waals surface area contributed by atoms with Gasteiger partial charge in [-0.05, 0) is 55.5 Å². The van der Waals surface area contributed by atoms with Gasteiger partial charge in [0.1, 0.15) is 5.60 Å². The van der Waals surface area contributed by atoms with E-state index in [4.69, 9.17) is 4.74 Å². The lowest BCUT2D eigenvalue weighted by atomic mass is 10.00. The van der Waals surface area contributed by atoms with Gasteiger partial charge in [-0.1, -0.05) is 0 Å². The summed E-state index contributed by atoms with van der Waals surface area (Å²) in [7, 11) is 0. The van der Waals surface area contributed by atoms with Crippen LogP contribution in [0.3, 0.4) is 0 Å². The molecular formula is C16H28IN3O2S. The summed E-state index contributed by atoms with van der Waals surface area (Å²) in [5.41, 5.74) is -0.0202. The summed E-state index contributed by atoms with van der Waals surface area (Å²) < 4.78 is 5.62. The van der Waals surface area contributed by atoms with Gasteiger partial charge >= 0.3 is 0 Å². The number of guanidine groups is 1. The van der Waals surface area contributed by atoms with Crippen LogP contribution in [0.5, 0.6) is 0 Å². The second-order valence-electron chi connectivity index (χ2n) is 5.83. The molecule has 0 aliphatic carbocycles. The largest absolute Gasteiger partial charge is 0.383 e. The number of hydrogen-bond donors (Lipinski definition) is 3. The van der Waals surface area contributed by atoms with Gasteiger partial charge in [0.25, 0.3) is 0 Å². The summed E-state index contributed by atoms with van der Waals surface area (Å²) in [5, 5.41) is 21.0. The molecule has 3 N–H and O–H groups in total. The highest BCUT2D eigenvalue weighted by Crippen LogP contribution is 2.23. The van der Waals surface area contributed by atoms with Crippen LogP contribution in [0.15, 0.2) is 21.8 Å². The molecule has 7 heteroatoms. The third kappa shape index (κ3) is 6.94. The molecule has 5 nitrogen and oxygen atoms in total. The van der Waals surface area contributed by atoms with E-state index >= 15 is 0 Å². The van der Waals surface area contributed by atoms with Crippen LogP contribution in [0.25, 0.3) is 0 Å². The van der Waals surface area contributed by atoms with Crippen LogP contribution in [-0.4, -0.2) is 43.4 Å². The van der Waals surface area contributed by atoms with E-state index in [-0.39, 0.29) is 24.0 Å². The molecule has 1 aliphatic heterocycles. The summed E-state index contributed by atoms with van der Waals surface area (Å²) in [6.45, 7) is 6.69. The average molecular weight is 453 g/mol. The quantitative estimate of drug-likeness (QED) is 0.338. The first kappa shape index (κ1) is 20.7. The molecule has 1 aromatic rings. The Kier molecular flexibility index (Phi) is 9.41. The second kappa shape index (κ2) is 10.5. The number of ether oxygens (including phenoxy) is 1. The molecule has 1 fully saturated rings. The van der Waals surface area contributed by atoms with Crippen molar-refractivity contribution in [3.63, 3.8) is 0 Å². The lowest BCUT2D eigenvalue weighted by molar-refractivity contribution is 0.0677. The zero-order chi connectivity index (χ0) is 15.8. The zero-order valence-corrected chi connectivity index (χ0v) is 17.0. The monoisotopic (exact) mass is 453 g/mol. The second-order valence-corrected chi connectivity index (χ2v) is 6.61. The summed E-state index contributed by atoms with van der Waals surface area (Å²) in [6.07, 6.45) is 3.69. The SMILES string of the molecule is CCNC(=NCC(C)(O)c1ccsc1)NCCC1CCCO1.I. The van der Waals surface area contributed by atoms with Crippen molar-refractivity contribution in [1.82, 2.24) is 10.6 Å². The van der Waals surface area contributed by atoms with Gasteiger partial charge in [0.15, 0.2) is 5.96 Å². The Morgan fingerprint density at radius 1 is 1.52 bits per heavy atom. The van der Waals surface area contributed by atoms with E-state index in [0.29, 0.717) is 12.6 Å². The van der Waals surface area contributed by atoms with Gasteiger partial charge in [0.2, 0.25) is 0 Å². The molecule has 0 bridgehead atoms. The molecule has 132 valence electrons. The van der Waals surface area contributed by atoms with Crippen molar-refractivity contribution in [2.75, 3.05) is 26.2 Å². The van der Waals surface area contributed by atoms with Crippen molar-refractivity contribution in [3.8, 4) is 0 Å². The van der Waals surface area contributed by atoms with Crippen molar-refractivity contribution >= 4 is 41.3 Å². The van der Waals surface area contributed by atoms with Crippen LogP contribution in [0.1, 0.15) is 38.7 Å². The lowest BCUT2D eigenvalue weighted by Crippen LogP contribution is -2.40. The van der Waals surface area contributed by atoms with Crippen LogP contribution in [0, 0.1) is 0 Å². The maximum atomic E-state index is 10.5. The fraction of sp³-hybridized carbons (Fsp3) is 0.688. The molecule has 2 unspecified atom stereocenters. The molecule has 2 heterocycles. The maximum Gasteiger partial charge on any atom is 0.191 e. The molecule has 0 spiro atoms. The molecule has 1 aromatic heterocycles. The van der Waals surface area contributed by atoms with Gasteiger partial charge in [-0.2, -0.15) is 11.3 Å². The van der Waals surface area contributed by atoms with E-state index in [1.807, 2.05) is 23.8 Å². The predicted molar refractivity (Wildman–Crippen MR) is 107 cm³/mol. The van der Waals surface area contributed by atoms with Crippen LogP contribution in [0.4, 0.5) is 0 Å². The molecule has 1 aliphatic rings. The molecule has 0 radical (unpaired) electrons. The van der Waals surface area contributed by atoms with Crippen molar-refractivity contribution < 1.29 is 9.84 Å². The lowest BCUT2D eigenvalue weighted by Gasteiger charge is -2.21. The Morgan fingerprint density at radius 2 is 2.35 bits per heavy atom. The van der Waals surface area contributed by atoms with Crippen molar-refractivity contribution in [2.45, 2.75) is 44.8 Å². The van der Waals surface area contributed by atoms with Crippen LogP contribution in [-0.2, 0) is 10.3 Å². The van der Waals surface area contributed by atoms with Gasteiger partial charge in [-0.15, -0.1) is 24.0 Å². The first-order valence-electron chi connectivity index (χ1n) is 8.00. The van der Waals surface area contributed by atoms with Gasteiger partial charge < -0.3 is 20.5 Å². The zero-order valence-electron chi connectivity index (χ0n) is 13.9. The van der Waals surface area contributed by atoms with E-state index in [2.05, 4.69) is 15.6 Å². The first-order chi connectivity index (χ1) is 10.6. The molecule has 0 aromatic carbocycles. The van der Waals surface area contributed by atoms with E-state index < -0.39 is 5.60 Å². The predicted octanol–water partition coefficient (Wildman–Crippen LogP) is 2.70. The van der Waals surface area contributed by atoms with Crippen LogP contribution in [0.2, 0.25) is 0 Å². The summed E-state index contributed by atoms with van der Waals surface area (Å²) in [5.74, 6) is 0.746. The van der Waals surface area contributed by atoms with Crippen molar-refractivity contribution in [3.05, 3.63) is 22.4 Å². The Bertz CT molecular complexity index is 460. The topological polar surface area (TPSA) is 65.9 Å². The van der Waals surface area contributed by atoms with E-state index in [0.717, 1.165) is 44.1 Å². The van der Waals surface area contributed by atoms with Crippen molar-refractivity contribution in [1.29, 1.82) is 0 Å². The van der Waals surface area contributed by atoms with E-state index in [9.17, 15) is 5.11 Å². The fourth-order valence-corrected chi connectivity index (χ4v) is 3.24. The number of nitrogens with zero attached hydrogens (tertiary/aromatic N) is 1. The standard InChI is InChI=1S/C16H27N3O2S.HI/c1-3-17-15(18-8-6-14-5-4-9-21-14)19-12-16(2,20)13-7-10-22-11-13;/h7,10-11,14,20H,3-6,8-9,12H2,1-2H3,(H2,17,18,19);1H. The Hall–Kier alpha value is -0.380. The van der Waals surface area contributed by atoms with Gasteiger partial charge in [-0.25, -0.2) is 4.99 Å². The highest BCUT2D eigenvalue weighted by molar-refractivity contribution is 14.0. The normalized spacial score (nSPS) is 20.7. The number of hydrogen-bond acceptors (Lipinski definition) is 4. The number of aliphatic hydroxyl groups is 1. The molecule has 2 rings (SSSR count). The summed E-state index contributed by atoms with van der Waals surface area (Å²) in [4.78, 5) is 4.51. The summed E-state index contributed by atoms with van der Waals surface area (Å²) in [6, 6.07) is 1.94. The number of aliphatic imine (C=N–C) groups is 1. The number of nitrogens with one attached hydrogen (secondary N) is 2. The third-order valence-electron chi connectivity index (χ3n) is 3.82. The summed E-state index contributed by atoms with van der Waals surface area (Å²) >= 11 is 1.59. The Labute approximate surface area is 159 Å². The molecular weight excluding hydrogens is 425 g/mol. The fourth-order valence-electron chi connectivity index (χ4n) is 2.46. The smallest absolute Gasteiger partial charge is 0.191 e. The van der Waals surface area contributed by atoms with Gasteiger partial charge in [-0.3, -0.25) is 0 Å². The highest BCUT2D eigenvalue weighted by atomic mass is 127. The van der Waals surface area contributed by atoms with Crippen LogP contribution < -0.4 is 10.6 Å². The van der Waals surface area contributed by atoms with Gasteiger partial charge in [0.05, 0.1) is 12.6 Å². The molecule has 1 saturated heterocycles. The highest BCUT2D eigenvalue weighted by Gasteiger charge is 2.23.